The van der Waals surface area contributed by atoms with E-state index >= 15 is 0 Å². The minimum atomic E-state index is -1.07. The SMILES string of the molecule is O=C(O)CC1SC(=NN=Cc2ccccc2OC(=O)c2ccc(Cl)cc2)NC1=O. The van der Waals surface area contributed by atoms with Gasteiger partial charge in [0.15, 0.2) is 5.17 Å². The van der Waals surface area contributed by atoms with Crippen LogP contribution in [0.4, 0.5) is 0 Å². The first-order chi connectivity index (χ1) is 13.9. The Kier molecular flexibility index (Phi) is 6.63. The van der Waals surface area contributed by atoms with Crippen LogP contribution >= 0.6 is 23.4 Å². The Morgan fingerprint density at radius 3 is 2.66 bits per heavy atom. The Labute approximate surface area is 174 Å². The van der Waals surface area contributed by atoms with E-state index in [1.54, 1.807) is 48.5 Å². The number of benzene rings is 2. The van der Waals surface area contributed by atoms with E-state index in [1.807, 2.05) is 0 Å². The lowest BCUT2D eigenvalue weighted by molar-refractivity contribution is -0.138. The molecule has 2 aromatic carbocycles. The number of carboxylic acids is 1. The minimum Gasteiger partial charge on any atom is -0.481 e. The lowest BCUT2D eigenvalue weighted by atomic mass is 10.2. The van der Waals surface area contributed by atoms with Gasteiger partial charge in [-0.25, -0.2) is 4.79 Å². The molecule has 1 aliphatic heterocycles. The van der Waals surface area contributed by atoms with Crippen molar-refractivity contribution in [3.63, 3.8) is 0 Å². The van der Waals surface area contributed by atoms with E-state index in [2.05, 4.69) is 15.5 Å². The van der Waals surface area contributed by atoms with Crippen LogP contribution in [0, 0.1) is 0 Å². The van der Waals surface area contributed by atoms with Gasteiger partial charge in [-0.15, -0.1) is 5.10 Å². The predicted molar refractivity (Wildman–Crippen MR) is 110 cm³/mol. The number of hydrogen-bond donors (Lipinski definition) is 2. The molecule has 2 aromatic rings. The zero-order chi connectivity index (χ0) is 20.8. The number of carboxylic acid groups (broad SMARTS) is 1. The van der Waals surface area contributed by atoms with Crippen molar-refractivity contribution in [2.45, 2.75) is 11.7 Å². The average molecular weight is 432 g/mol. The smallest absolute Gasteiger partial charge is 0.343 e. The highest BCUT2D eigenvalue weighted by Gasteiger charge is 2.32. The third-order valence-corrected chi connectivity index (χ3v) is 5.01. The number of halogens is 1. The zero-order valence-corrected chi connectivity index (χ0v) is 16.3. The van der Waals surface area contributed by atoms with Crippen LogP contribution in [0.1, 0.15) is 22.3 Å². The quantitative estimate of drug-likeness (QED) is 0.314. The van der Waals surface area contributed by atoms with Crippen molar-refractivity contribution in [3.8, 4) is 5.75 Å². The lowest BCUT2D eigenvalue weighted by Gasteiger charge is -2.07. The Morgan fingerprint density at radius 2 is 1.93 bits per heavy atom. The molecule has 0 saturated carbocycles. The van der Waals surface area contributed by atoms with E-state index in [4.69, 9.17) is 21.4 Å². The van der Waals surface area contributed by atoms with Gasteiger partial charge in [0.1, 0.15) is 11.0 Å². The molecule has 0 radical (unpaired) electrons. The van der Waals surface area contributed by atoms with Gasteiger partial charge >= 0.3 is 11.9 Å². The molecule has 0 bridgehead atoms. The fourth-order valence-electron chi connectivity index (χ4n) is 2.31. The summed E-state index contributed by atoms with van der Waals surface area (Å²) in [7, 11) is 0. The monoisotopic (exact) mass is 431 g/mol. The summed E-state index contributed by atoms with van der Waals surface area (Å²) in [5.74, 6) is -1.77. The van der Waals surface area contributed by atoms with Crippen LogP contribution in [0.25, 0.3) is 0 Å². The van der Waals surface area contributed by atoms with Gasteiger partial charge in [0.25, 0.3) is 0 Å². The molecule has 1 aliphatic rings. The van der Waals surface area contributed by atoms with Crippen LogP contribution in [0.2, 0.25) is 5.02 Å². The zero-order valence-electron chi connectivity index (χ0n) is 14.7. The predicted octanol–water partition coefficient (Wildman–Crippen LogP) is 2.96. The molecule has 148 valence electrons. The maximum Gasteiger partial charge on any atom is 0.343 e. The third-order valence-electron chi connectivity index (χ3n) is 3.68. The first-order valence-corrected chi connectivity index (χ1v) is 9.55. The van der Waals surface area contributed by atoms with Gasteiger partial charge in [-0.3, -0.25) is 9.59 Å². The van der Waals surface area contributed by atoms with Gasteiger partial charge in [0.05, 0.1) is 18.2 Å². The second-order valence-electron chi connectivity index (χ2n) is 5.78. The van der Waals surface area contributed by atoms with Gasteiger partial charge in [-0.05, 0) is 36.4 Å². The second-order valence-corrected chi connectivity index (χ2v) is 7.41. The molecule has 0 aliphatic carbocycles. The number of nitrogens with zero attached hydrogens (tertiary/aromatic N) is 2. The average Bonchev–Trinajstić information content (AvgIpc) is 3.02. The number of nitrogens with one attached hydrogen (secondary N) is 1. The molecule has 3 rings (SSSR count). The van der Waals surface area contributed by atoms with Crippen LogP contribution in [0.15, 0.2) is 58.7 Å². The van der Waals surface area contributed by atoms with Gasteiger partial charge in [0, 0.05) is 10.6 Å². The van der Waals surface area contributed by atoms with Crippen LogP contribution in [0.3, 0.4) is 0 Å². The Bertz CT molecular complexity index is 1010. The molecule has 29 heavy (non-hydrogen) atoms. The molecule has 1 heterocycles. The van der Waals surface area contributed by atoms with E-state index in [0.29, 0.717) is 16.1 Å². The fraction of sp³-hybridized carbons (Fsp3) is 0.105. The topological polar surface area (TPSA) is 117 Å². The van der Waals surface area contributed by atoms with E-state index < -0.39 is 23.1 Å². The third kappa shape index (κ3) is 5.66. The van der Waals surface area contributed by atoms with Crippen molar-refractivity contribution in [2.24, 2.45) is 10.2 Å². The molecule has 1 atom stereocenters. The van der Waals surface area contributed by atoms with Crippen molar-refractivity contribution in [2.75, 3.05) is 0 Å². The van der Waals surface area contributed by atoms with Crippen molar-refractivity contribution in [3.05, 3.63) is 64.7 Å². The number of hydrogen-bond acceptors (Lipinski definition) is 7. The number of rotatable bonds is 6. The summed E-state index contributed by atoms with van der Waals surface area (Å²) in [5, 5.41) is 19.0. The molecule has 0 spiro atoms. The molecule has 1 saturated heterocycles. The molecule has 8 nitrogen and oxygen atoms in total. The maximum atomic E-state index is 12.3. The highest BCUT2D eigenvalue weighted by atomic mass is 35.5. The summed E-state index contributed by atoms with van der Waals surface area (Å²) >= 11 is 6.81. The first kappa shape index (κ1) is 20.6. The summed E-state index contributed by atoms with van der Waals surface area (Å²) in [5.41, 5.74) is 0.839. The summed E-state index contributed by atoms with van der Waals surface area (Å²) in [6.45, 7) is 0. The number of aliphatic carboxylic acids is 1. The van der Waals surface area contributed by atoms with Gasteiger partial charge < -0.3 is 15.2 Å². The van der Waals surface area contributed by atoms with E-state index in [1.165, 1.54) is 6.21 Å². The summed E-state index contributed by atoms with van der Waals surface area (Å²) in [6.07, 6.45) is 1.07. The summed E-state index contributed by atoms with van der Waals surface area (Å²) in [4.78, 5) is 34.7. The number of thioether (sulfide) groups is 1. The number of carbonyl (C=O) groups is 3. The highest BCUT2D eigenvalue weighted by molar-refractivity contribution is 8.15. The Hall–Kier alpha value is -3.17. The van der Waals surface area contributed by atoms with Crippen molar-refractivity contribution < 1.29 is 24.2 Å². The van der Waals surface area contributed by atoms with Gasteiger partial charge in [-0.1, -0.05) is 35.5 Å². The van der Waals surface area contributed by atoms with Crippen LogP contribution < -0.4 is 10.1 Å². The van der Waals surface area contributed by atoms with Crippen LogP contribution in [-0.4, -0.2) is 39.6 Å². The number of para-hydroxylation sites is 1. The Morgan fingerprint density at radius 1 is 1.21 bits per heavy atom. The van der Waals surface area contributed by atoms with Gasteiger partial charge in [0.2, 0.25) is 5.91 Å². The largest absolute Gasteiger partial charge is 0.481 e. The second kappa shape index (κ2) is 9.35. The number of esters is 1. The van der Waals surface area contributed by atoms with Crippen LogP contribution in [-0.2, 0) is 9.59 Å². The fourth-order valence-corrected chi connectivity index (χ4v) is 3.35. The van der Waals surface area contributed by atoms with E-state index in [0.717, 1.165) is 11.8 Å². The first-order valence-electron chi connectivity index (χ1n) is 8.29. The Balaban J connectivity index is 1.69. The minimum absolute atomic E-state index is 0.202. The standard InChI is InChI=1S/C19H14ClN3O5S/c20-13-7-5-11(6-8-13)18(27)28-14-4-2-1-3-12(14)10-21-23-19-22-17(26)15(29-19)9-16(24)25/h1-8,10,15H,9H2,(H,24,25)(H,22,23,26). The van der Waals surface area contributed by atoms with Gasteiger partial charge in [-0.2, -0.15) is 5.10 Å². The van der Waals surface area contributed by atoms with Crippen molar-refractivity contribution in [1.29, 1.82) is 0 Å². The molecule has 1 amide bonds. The number of amides is 1. The molecule has 2 N–H and O–H groups in total. The molecule has 1 unspecified atom stereocenters. The molecular formula is C19H14ClN3O5S. The number of amidine groups is 1. The van der Waals surface area contributed by atoms with Crippen LogP contribution in [0.5, 0.6) is 5.75 Å². The summed E-state index contributed by atoms with van der Waals surface area (Å²) < 4.78 is 5.41. The van der Waals surface area contributed by atoms with E-state index in [-0.39, 0.29) is 17.3 Å². The maximum absolute atomic E-state index is 12.3. The molecular weight excluding hydrogens is 418 g/mol. The normalized spacial score (nSPS) is 17.5. The highest BCUT2D eigenvalue weighted by Crippen LogP contribution is 2.23. The number of ether oxygens (including phenoxy) is 1. The molecule has 0 aromatic heterocycles. The van der Waals surface area contributed by atoms with Crippen molar-refractivity contribution in [1.82, 2.24) is 5.32 Å². The molecule has 10 heteroatoms. The summed E-state index contributed by atoms with van der Waals surface area (Å²) in [6, 6.07) is 13.0. The molecule has 1 fully saturated rings. The lowest BCUT2D eigenvalue weighted by Crippen LogP contribution is -2.26. The van der Waals surface area contributed by atoms with Crippen molar-refractivity contribution >= 4 is 52.6 Å². The van der Waals surface area contributed by atoms with E-state index in [9.17, 15) is 14.4 Å². The number of carbonyl (C=O) groups excluding carboxylic acids is 2.